The van der Waals surface area contributed by atoms with Gasteiger partial charge < -0.3 is 14.6 Å². The molecule has 4 heterocycles. The third kappa shape index (κ3) is 3.54. The molecular formula is C22H16N2O6S3. The summed E-state index contributed by atoms with van der Waals surface area (Å²) in [5.41, 5.74) is 1.25. The van der Waals surface area contributed by atoms with Crippen molar-refractivity contribution in [3.8, 4) is 28.0 Å². The molecule has 8 nitrogen and oxygen atoms in total. The molecule has 33 heavy (non-hydrogen) atoms. The molecule has 0 radical (unpaired) electrons. The van der Waals surface area contributed by atoms with Gasteiger partial charge in [0.05, 0.1) is 26.4 Å². The second-order valence-corrected chi connectivity index (χ2v) is 11.2. The summed E-state index contributed by atoms with van der Waals surface area (Å²) in [4.78, 5) is 17.9. The van der Waals surface area contributed by atoms with Crippen LogP contribution in [0, 0.1) is 6.92 Å². The molecule has 168 valence electrons. The fourth-order valence-electron chi connectivity index (χ4n) is 3.52. The number of sulfone groups is 1. The van der Waals surface area contributed by atoms with Gasteiger partial charge in [-0.15, -0.1) is 0 Å². The Morgan fingerprint density at radius 1 is 1.15 bits per heavy atom. The average molecular weight is 501 g/mol. The second kappa shape index (κ2) is 7.58. The molecule has 2 N–H and O–H groups in total. The number of nitrogens with zero attached hydrogens (tertiary/aromatic N) is 2. The van der Waals surface area contributed by atoms with Gasteiger partial charge in [0.15, 0.2) is 26.5 Å². The largest absolute Gasteiger partial charge is 0.503 e. The van der Waals surface area contributed by atoms with E-state index in [0.29, 0.717) is 21.5 Å². The third-order valence-corrected chi connectivity index (χ3v) is 7.87. The molecule has 0 aliphatic carbocycles. The van der Waals surface area contributed by atoms with Crippen LogP contribution in [0.15, 0.2) is 56.5 Å². The van der Waals surface area contributed by atoms with Crippen molar-refractivity contribution in [1.29, 1.82) is 0 Å². The van der Waals surface area contributed by atoms with E-state index in [4.69, 9.17) is 4.42 Å². The number of aromatic hydroxyl groups is 2. The first-order valence-corrected chi connectivity index (χ1v) is 13.2. The van der Waals surface area contributed by atoms with Crippen LogP contribution in [0.1, 0.15) is 21.9 Å². The van der Waals surface area contributed by atoms with Crippen molar-refractivity contribution < 1.29 is 27.8 Å². The predicted molar refractivity (Wildman–Crippen MR) is 126 cm³/mol. The number of thiazole rings is 1. The number of furan rings is 1. The molecule has 0 fully saturated rings. The number of benzene rings is 1. The van der Waals surface area contributed by atoms with Crippen molar-refractivity contribution in [2.75, 3.05) is 6.26 Å². The lowest BCUT2D eigenvalue weighted by molar-refractivity contribution is 0.101. The Morgan fingerprint density at radius 2 is 1.94 bits per heavy atom. The monoisotopic (exact) mass is 500 g/mol. The predicted octanol–water partition coefficient (Wildman–Crippen LogP) is 4.76. The van der Waals surface area contributed by atoms with Crippen LogP contribution in [0.3, 0.4) is 0 Å². The van der Waals surface area contributed by atoms with Gasteiger partial charge in [0.25, 0.3) is 0 Å². The van der Waals surface area contributed by atoms with Crippen molar-refractivity contribution in [2.24, 2.45) is 0 Å². The van der Waals surface area contributed by atoms with E-state index < -0.39 is 27.2 Å². The second-order valence-electron chi connectivity index (χ2n) is 7.38. The Kier molecular flexibility index (Phi) is 4.92. The molecule has 0 aliphatic rings. The van der Waals surface area contributed by atoms with Gasteiger partial charge in [-0.3, -0.25) is 9.36 Å². The molecule has 0 aliphatic heterocycles. The topological polar surface area (TPSA) is 123 Å². The van der Waals surface area contributed by atoms with Gasteiger partial charge in [0.1, 0.15) is 5.76 Å². The number of carbonyl (C=O) groups excluding carboxylic acids is 1. The summed E-state index contributed by atoms with van der Waals surface area (Å²) >= 11 is 2.51. The molecule has 0 spiro atoms. The van der Waals surface area contributed by atoms with E-state index in [-0.39, 0.29) is 27.0 Å². The van der Waals surface area contributed by atoms with E-state index in [1.807, 2.05) is 5.38 Å². The normalized spacial score (nSPS) is 11.9. The number of hydrogen-bond donors (Lipinski definition) is 2. The van der Waals surface area contributed by atoms with Gasteiger partial charge >= 0.3 is 0 Å². The van der Waals surface area contributed by atoms with E-state index in [0.717, 1.165) is 17.6 Å². The lowest BCUT2D eigenvalue weighted by Crippen LogP contribution is -2.03. The maximum absolute atomic E-state index is 13.3. The zero-order chi connectivity index (χ0) is 23.5. The Morgan fingerprint density at radius 3 is 2.58 bits per heavy atom. The molecule has 4 aromatic heterocycles. The minimum atomic E-state index is -3.41. The molecule has 11 heteroatoms. The highest BCUT2D eigenvalue weighted by Crippen LogP contribution is 2.45. The fourth-order valence-corrected chi connectivity index (χ4v) is 5.90. The van der Waals surface area contributed by atoms with Gasteiger partial charge in [0.2, 0.25) is 11.7 Å². The average Bonchev–Trinajstić information content (AvgIpc) is 3.53. The number of hydrogen-bond acceptors (Lipinski definition) is 9. The van der Waals surface area contributed by atoms with Crippen molar-refractivity contribution in [2.45, 2.75) is 11.8 Å². The van der Waals surface area contributed by atoms with Crippen LogP contribution in [0.2, 0.25) is 0 Å². The molecule has 0 bridgehead atoms. The summed E-state index contributed by atoms with van der Waals surface area (Å²) in [5.74, 6) is -1.17. The van der Waals surface area contributed by atoms with Crippen LogP contribution in [0.25, 0.3) is 26.6 Å². The number of carbonyl (C=O) groups is 1. The van der Waals surface area contributed by atoms with E-state index in [1.54, 1.807) is 30.5 Å². The Bertz CT molecular complexity index is 1640. The first-order valence-electron chi connectivity index (χ1n) is 9.56. The molecule has 0 unspecified atom stereocenters. The van der Waals surface area contributed by atoms with Crippen LogP contribution in [-0.4, -0.2) is 40.2 Å². The lowest BCUT2D eigenvalue weighted by Gasteiger charge is -2.07. The summed E-state index contributed by atoms with van der Waals surface area (Å²) in [6.07, 6.45) is 1.12. The van der Waals surface area contributed by atoms with E-state index in [9.17, 15) is 23.4 Å². The van der Waals surface area contributed by atoms with Gasteiger partial charge in [0, 0.05) is 17.2 Å². The van der Waals surface area contributed by atoms with Crippen LogP contribution >= 0.6 is 22.7 Å². The highest BCUT2D eigenvalue weighted by atomic mass is 32.2. The Hall–Kier alpha value is -3.41. The van der Waals surface area contributed by atoms with Gasteiger partial charge in [-0.2, -0.15) is 11.3 Å². The molecular weight excluding hydrogens is 484 g/mol. The molecule has 0 saturated heterocycles. The van der Waals surface area contributed by atoms with Crippen LogP contribution < -0.4 is 0 Å². The molecule has 0 saturated carbocycles. The smallest absolute Gasteiger partial charge is 0.242 e. The first kappa shape index (κ1) is 21.4. The van der Waals surface area contributed by atoms with Crippen molar-refractivity contribution in [1.82, 2.24) is 9.55 Å². The van der Waals surface area contributed by atoms with E-state index >= 15 is 0 Å². The van der Waals surface area contributed by atoms with Crippen LogP contribution in [-0.2, 0) is 9.84 Å². The number of fused-ring (bicyclic) bond motifs is 1. The summed E-state index contributed by atoms with van der Waals surface area (Å²) in [5, 5.41) is 25.5. The van der Waals surface area contributed by atoms with E-state index in [1.165, 1.54) is 34.1 Å². The lowest BCUT2D eigenvalue weighted by atomic mass is 10.1. The Labute approximate surface area is 195 Å². The fraction of sp³-hybridized carbons (Fsp3) is 0.0909. The van der Waals surface area contributed by atoms with Crippen molar-refractivity contribution in [3.63, 3.8) is 0 Å². The van der Waals surface area contributed by atoms with E-state index in [2.05, 4.69) is 4.98 Å². The highest BCUT2D eigenvalue weighted by molar-refractivity contribution is 7.90. The maximum atomic E-state index is 13.3. The molecule has 5 aromatic rings. The van der Waals surface area contributed by atoms with Gasteiger partial charge in [-0.05, 0) is 48.7 Å². The minimum Gasteiger partial charge on any atom is -0.503 e. The summed E-state index contributed by atoms with van der Waals surface area (Å²) in [6.45, 7) is 1.70. The molecule has 1 aromatic carbocycles. The summed E-state index contributed by atoms with van der Waals surface area (Å²) < 4.78 is 31.2. The number of rotatable bonds is 5. The SMILES string of the molecule is Cc1ccc(C(=O)c2c(O)c(O)n(-c3nc4ccc(S(C)(=O)=O)cc4s3)c2-c2ccsc2)o1. The van der Waals surface area contributed by atoms with Crippen molar-refractivity contribution in [3.05, 3.63) is 64.2 Å². The summed E-state index contributed by atoms with van der Waals surface area (Å²) in [6, 6.07) is 9.45. The van der Waals surface area contributed by atoms with Crippen LogP contribution in [0.4, 0.5) is 0 Å². The molecule has 0 amide bonds. The number of aryl methyl sites for hydroxylation is 1. The quantitative estimate of drug-likeness (QED) is 0.334. The zero-order valence-corrected chi connectivity index (χ0v) is 19.7. The maximum Gasteiger partial charge on any atom is 0.242 e. The highest BCUT2D eigenvalue weighted by Gasteiger charge is 2.32. The number of aromatic nitrogens is 2. The third-order valence-electron chi connectivity index (χ3n) is 5.07. The standard InChI is InChI=1S/C22H16N2O6S3/c1-11-3-6-15(30-11)19(25)17-18(12-7-8-31-10-12)24(21(27)20(17)26)22-23-14-5-4-13(33(2,28)29)9-16(14)32-22/h3-10,26-27H,1-2H3. The number of thiophene rings is 1. The Balaban J connectivity index is 1.77. The molecule has 0 atom stereocenters. The number of ketones is 1. The van der Waals surface area contributed by atoms with Gasteiger partial charge in [-0.1, -0.05) is 11.3 Å². The molecule has 5 rings (SSSR count). The zero-order valence-electron chi connectivity index (χ0n) is 17.3. The summed E-state index contributed by atoms with van der Waals surface area (Å²) in [7, 11) is -3.41. The van der Waals surface area contributed by atoms with Crippen LogP contribution in [0.5, 0.6) is 11.6 Å². The first-order chi connectivity index (χ1) is 15.6. The minimum absolute atomic E-state index is 0.0264. The van der Waals surface area contributed by atoms with Gasteiger partial charge in [-0.25, -0.2) is 13.4 Å². The van der Waals surface area contributed by atoms with Crippen molar-refractivity contribution >= 4 is 48.5 Å².